The summed E-state index contributed by atoms with van der Waals surface area (Å²) in [6.07, 6.45) is 2.76. The Kier molecular flexibility index (Phi) is 6.09. The number of piperidine rings is 1. The summed E-state index contributed by atoms with van der Waals surface area (Å²) in [5.74, 6) is 1.18. The predicted octanol–water partition coefficient (Wildman–Crippen LogP) is 3.04. The molecule has 6 heteroatoms. The first-order valence-electron chi connectivity index (χ1n) is 8.70. The van der Waals surface area contributed by atoms with Crippen LogP contribution in [0.4, 0.5) is 0 Å². The molecule has 1 aliphatic heterocycles. The lowest BCUT2D eigenvalue weighted by atomic mass is 10.1. The van der Waals surface area contributed by atoms with Crippen molar-refractivity contribution < 1.29 is 18.7 Å². The average Bonchev–Trinajstić information content (AvgIpc) is 3.11. The number of benzene rings is 1. The maximum absolute atomic E-state index is 12.6. The summed E-state index contributed by atoms with van der Waals surface area (Å²) in [7, 11) is 0. The van der Waals surface area contributed by atoms with Crippen LogP contribution in [0.1, 0.15) is 29.8 Å². The van der Waals surface area contributed by atoms with E-state index < -0.39 is 0 Å². The van der Waals surface area contributed by atoms with Crippen LogP contribution in [0.3, 0.4) is 0 Å². The maximum Gasteiger partial charge on any atom is 0.290 e. The summed E-state index contributed by atoms with van der Waals surface area (Å²) in [5.41, 5.74) is 5.47. The monoisotopic (exact) mass is 344 g/mol. The summed E-state index contributed by atoms with van der Waals surface area (Å²) in [5, 5.41) is 0. The van der Waals surface area contributed by atoms with Gasteiger partial charge in [0, 0.05) is 25.8 Å². The van der Waals surface area contributed by atoms with Gasteiger partial charge in [0.05, 0.1) is 6.10 Å². The quantitative estimate of drug-likeness (QED) is 0.781. The minimum absolute atomic E-state index is 0.108. The zero-order valence-electron chi connectivity index (χ0n) is 14.2. The number of para-hydroxylation sites is 1. The van der Waals surface area contributed by atoms with Gasteiger partial charge >= 0.3 is 0 Å². The topological polar surface area (TPSA) is 77.9 Å². The molecule has 0 atom stereocenters. The van der Waals surface area contributed by atoms with Crippen LogP contribution in [0.2, 0.25) is 0 Å². The molecular weight excluding hydrogens is 320 g/mol. The van der Waals surface area contributed by atoms with Crippen molar-refractivity contribution in [2.45, 2.75) is 25.4 Å². The van der Waals surface area contributed by atoms with Gasteiger partial charge < -0.3 is 24.5 Å². The summed E-state index contributed by atoms with van der Waals surface area (Å²) in [6, 6.07) is 12.7. The molecule has 1 saturated heterocycles. The number of nitrogens with zero attached hydrogens (tertiary/aromatic N) is 1. The first kappa shape index (κ1) is 17.5. The van der Waals surface area contributed by atoms with E-state index >= 15 is 0 Å². The van der Waals surface area contributed by atoms with E-state index in [-0.39, 0.29) is 12.0 Å². The molecule has 134 valence electrons. The lowest BCUT2D eigenvalue weighted by molar-refractivity contribution is 0.00755. The number of carbonyl (C=O) groups is 1. The van der Waals surface area contributed by atoms with Gasteiger partial charge in [-0.05, 0) is 44.0 Å². The number of hydrogen-bond donors (Lipinski definition) is 1. The molecule has 0 saturated carbocycles. The molecule has 1 fully saturated rings. The van der Waals surface area contributed by atoms with Crippen molar-refractivity contribution in [3.05, 3.63) is 48.2 Å². The van der Waals surface area contributed by atoms with Gasteiger partial charge in [-0.15, -0.1) is 0 Å². The fourth-order valence-electron chi connectivity index (χ4n) is 2.81. The van der Waals surface area contributed by atoms with E-state index in [2.05, 4.69) is 0 Å². The smallest absolute Gasteiger partial charge is 0.290 e. The molecule has 0 bridgehead atoms. The van der Waals surface area contributed by atoms with Crippen LogP contribution in [-0.2, 0) is 4.74 Å². The first-order valence-corrected chi connectivity index (χ1v) is 8.70. The van der Waals surface area contributed by atoms with Crippen LogP contribution in [0.5, 0.6) is 11.7 Å². The molecule has 2 N–H and O–H groups in total. The van der Waals surface area contributed by atoms with E-state index in [1.807, 2.05) is 30.3 Å². The fraction of sp³-hybridized carbons (Fsp3) is 0.421. The number of nitrogens with two attached hydrogens (primary N) is 1. The number of furan rings is 1. The number of rotatable bonds is 7. The third kappa shape index (κ3) is 4.84. The van der Waals surface area contributed by atoms with Crippen molar-refractivity contribution in [2.75, 3.05) is 26.2 Å². The van der Waals surface area contributed by atoms with Crippen LogP contribution >= 0.6 is 0 Å². The van der Waals surface area contributed by atoms with Crippen molar-refractivity contribution in [3.8, 4) is 11.7 Å². The second-order valence-corrected chi connectivity index (χ2v) is 6.04. The van der Waals surface area contributed by atoms with Crippen LogP contribution in [-0.4, -0.2) is 43.2 Å². The normalized spacial score (nSPS) is 15.3. The molecule has 1 aromatic heterocycles. The molecule has 3 rings (SSSR count). The van der Waals surface area contributed by atoms with Crippen molar-refractivity contribution in [1.29, 1.82) is 0 Å². The number of amides is 1. The van der Waals surface area contributed by atoms with Gasteiger partial charge in [0.2, 0.25) is 0 Å². The first-order chi connectivity index (χ1) is 12.3. The Morgan fingerprint density at radius 2 is 1.92 bits per heavy atom. The molecular formula is C19H24N2O4. The lowest BCUT2D eigenvalue weighted by Gasteiger charge is -2.31. The van der Waals surface area contributed by atoms with Crippen molar-refractivity contribution in [3.63, 3.8) is 0 Å². The molecule has 6 nitrogen and oxygen atoms in total. The zero-order valence-corrected chi connectivity index (χ0v) is 14.2. The third-order valence-corrected chi connectivity index (χ3v) is 4.18. The summed E-state index contributed by atoms with van der Waals surface area (Å²) >= 11 is 0. The van der Waals surface area contributed by atoms with Crippen LogP contribution in [0.15, 0.2) is 46.9 Å². The molecule has 0 aliphatic carbocycles. The van der Waals surface area contributed by atoms with Crippen molar-refractivity contribution in [1.82, 2.24) is 4.90 Å². The maximum atomic E-state index is 12.6. The van der Waals surface area contributed by atoms with Crippen LogP contribution < -0.4 is 10.5 Å². The minimum Gasteiger partial charge on any atom is -0.426 e. The van der Waals surface area contributed by atoms with Crippen molar-refractivity contribution >= 4 is 5.91 Å². The standard InChI is InChI=1S/C19H24N2O4/c20-11-4-14-23-15-9-12-21(13-10-15)19(22)17-7-8-18(25-17)24-16-5-2-1-3-6-16/h1-3,5-8,15H,4,9-14,20H2. The van der Waals surface area contributed by atoms with E-state index in [1.54, 1.807) is 17.0 Å². The number of ether oxygens (including phenoxy) is 2. The Morgan fingerprint density at radius 1 is 1.16 bits per heavy atom. The Morgan fingerprint density at radius 3 is 2.64 bits per heavy atom. The molecule has 0 radical (unpaired) electrons. The van der Waals surface area contributed by atoms with Crippen LogP contribution in [0.25, 0.3) is 0 Å². The zero-order chi connectivity index (χ0) is 17.5. The van der Waals surface area contributed by atoms with E-state index in [1.165, 1.54) is 0 Å². The SMILES string of the molecule is NCCCOC1CCN(C(=O)c2ccc(Oc3ccccc3)o2)CC1. The molecule has 1 aromatic carbocycles. The highest BCUT2D eigenvalue weighted by molar-refractivity contribution is 5.91. The number of likely N-dealkylation sites (tertiary alicyclic amines) is 1. The number of hydrogen-bond acceptors (Lipinski definition) is 5. The average molecular weight is 344 g/mol. The largest absolute Gasteiger partial charge is 0.426 e. The molecule has 2 heterocycles. The third-order valence-electron chi connectivity index (χ3n) is 4.18. The highest BCUT2D eigenvalue weighted by Gasteiger charge is 2.26. The van der Waals surface area contributed by atoms with Gasteiger partial charge in [0.25, 0.3) is 11.9 Å². The van der Waals surface area contributed by atoms with Gasteiger partial charge in [0.15, 0.2) is 5.76 Å². The van der Waals surface area contributed by atoms with Crippen molar-refractivity contribution in [2.24, 2.45) is 5.73 Å². The molecule has 0 spiro atoms. The molecule has 1 amide bonds. The van der Waals surface area contributed by atoms with E-state index in [0.717, 1.165) is 19.3 Å². The second-order valence-electron chi connectivity index (χ2n) is 6.04. The summed E-state index contributed by atoms with van der Waals surface area (Å²) < 4.78 is 16.9. The van der Waals surface area contributed by atoms with Gasteiger partial charge in [-0.3, -0.25) is 4.79 Å². The molecule has 1 aliphatic rings. The minimum atomic E-state index is -0.108. The molecule has 2 aromatic rings. The van der Waals surface area contributed by atoms with Gasteiger partial charge in [-0.1, -0.05) is 18.2 Å². The van der Waals surface area contributed by atoms with Gasteiger partial charge in [-0.25, -0.2) is 0 Å². The summed E-state index contributed by atoms with van der Waals surface area (Å²) in [4.78, 5) is 14.4. The van der Waals surface area contributed by atoms with E-state index in [4.69, 9.17) is 19.6 Å². The van der Waals surface area contributed by atoms with E-state index in [9.17, 15) is 4.79 Å². The Bertz CT molecular complexity index is 663. The van der Waals surface area contributed by atoms with E-state index in [0.29, 0.717) is 43.7 Å². The molecule has 25 heavy (non-hydrogen) atoms. The van der Waals surface area contributed by atoms with Gasteiger partial charge in [0.1, 0.15) is 5.75 Å². The van der Waals surface area contributed by atoms with Crippen LogP contribution in [0, 0.1) is 0 Å². The number of carbonyl (C=O) groups excluding carboxylic acids is 1. The highest BCUT2D eigenvalue weighted by atomic mass is 16.6. The van der Waals surface area contributed by atoms with Gasteiger partial charge in [-0.2, -0.15) is 0 Å². The fourth-order valence-corrected chi connectivity index (χ4v) is 2.81. The summed E-state index contributed by atoms with van der Waals surface area (Å²) in [6.45, 7) is 2.67. The molecule has 0 unspecified atom stereocenters. The predicted molar refractivity (Wildman–Crippen MR) is 93.8 cm³/mol. The highest BCUT2D eigenvalue weighted by Crippen LogP contribution is 2.25. The Labute approximate surface area is 147 Å². The lowest BCUT2D eigenvalue weighted by Crippen LogP contribution is -2.40. The Hall–Kier alpha value is -2.31. The Balaban J connectivity index is 1.50. The second kappa shape index (κ2) is 8.69.